The van der Waals surface area contributed by atoms with E-state index in [0.717, 1.165) is 31.6 Å². The van der Waals surface area contributed by atoms with E-state index in [1.165, 1.54) is 80.4 Å². The van der Waals surface area contributed by atoms with Gasteiger partial charge in [-0.15, -0.1) is 11.3 Å². The van der Waals surface area contributed by atoms with Gasteiger partial charge in [0.25, 0.3) is 0 Å². The highest BCUT2D eigenvalue weighted by atomic mass is 32.1. The van der Waals surface area contributed by atoms with Gasteiger partial charge >= 0.3 is 5.97 Å². The third-order valence-electron chi connectivity index (χ3n) is 6.97. The van der Waals surface area contributed by atoms with Gasteiger partial charge in [0.05, 0.1) is 6.10 Å². The summed E-state index contributed by atoms with van der Waals surface area (Å²) in [5, 5.41) is 18.9. The van der Waals surface area contributed by atoms with Gasteiger partial charge in [0.15, 0.2) is 0 Å². The van der Waals surface area contributed by atoms with Crippen molar-refractivity contribution in [1.82, 2.24) is 0 Å². The van der Waals surface area contributed by atoms with Gasteiger partial charge in [-0.05, 0) is 62.0 Å². The lowest BCUT2D eigenvalue weighted by Crippen LogP contribution is -2.40. The van der Waals surface area contributed by atoms with Crippen LogP contribution in [0.15, 0.2) is 12.1 Å². The normalized spacial score (nSPS) is 18.4. The summed E-state index contributed by atoms with van der Waals surface area (Å²) >= 11 is 1.38. The van der Waals surface area contributed by atoms with Gasteiger partial charge in [-0.1, -0.05) is 79.1 Å². The van der Waals surface area contributed by atoms with Crippen LogP contribution >= 0.6 is 11.3 Å². The second kappa shape index (κ2) is 15.0. The number of unbranched alkanes of at least 4 members (excludes halogenated alkanes) is 1. The summed E-state index contributed by atoms with van der Waals surface area (Å²) in [6, 6.07) is 3.59. The van der Waals surface area contributed by atoms with Gasteiger partial charge < -0.3 is 10.2 Å². The molecule has 2 aliphatic carbocycles. The molecule has 0 aromatic carbocycles. The summed E-state index contributed by atoms with van der Waals surface area (Å²) in [6.45, 7) is 8.38. The number of carbonyl (C=O) groups is 1. The van der Waals surface area contributed by atoms with Gasteiger partial charge in [0.1, 0.15) is 4.88 Å². The topological polar surface area (TPSA) is 57.5 Å². The zero-order valence-corrected chi connectivity index (χ0v) is 20.7. The number of thiophene rings is 1. The van der Waals surface area contributed by atoms with Crippen molar-refractivity contribution in [3.8, 4) is 0 Å². The number of aliphatic hydroxyl groups is 1. The molecule has 2 fully saturated rings. The molecule has 1 heterocycles. The zero-order valence-electron chi connectivity index (χ0n) is 19.9. The fraction of sp³-hybridized carbons (Fsp3) is 0.808. The predicted octanol–water partition coefficient (Wildman–Crippen LogP) is 8.10. The Balaban J connectivity index is 0.000000287. The molecule has 3 rings (SSSR count). The summed E-state index contributed by atoms with van der Waals surface area (Å²) in [6.07, 6.45) is 17.9. The van der Waals surface area contributed by atoms with Crippen LogP contribution in [0.2, 0.25) is 0 Å². The number of hydrogen-bond acceptors (Lipinski definition) is 3. The number of rotatable bonds is 10. The molecule has 0 bridgehead atoms. The van der Waals surface area contributed by atoms with Crippen LogP contribution in [0, 0.1) is 11.3 Å². The van der Waals surface area contributed by atoms with E-state index < -0.39 is 5.97 Å². The second-order valence-electron chi connectivity index (χ2n) is 8.84. The van der Waals surface area contributed by atoms with E-state index in [1.807, 2.05) is 19.9 Å². The van der Waals surface area contributed by atoms with E-state index in [9.17, 15) is 9.90 Å². The van der Waals surface area contributed by atoms with E-state index in [2.05, 4.69) is 13.8 Å². The first-order valence-corrected chi connectivity index (χ1v) is 13.3. The number of aliphatic hydroxyl groups excluding tert-OH is 1. The zero-order chi connectivity index (χ0) is 22.4. The van der Waals surface area contributed by atoms with Gasteiger partial charge in [0.2, 0.25) is 0 Å². The molecule has 0 amide bonds. The molecule has 174 valence electrons. The van der Waals surface area contributed by atoms with Crippen LogP contribution in [0.3, 0.4) is 0 Å². The highest BCUT2D eigenvalue weighted by Crippen LogP contribution is 2.48. The lowest BCUT2D eigenvalue weighted by atomic mass is 9.62. The monoisotopic (exact) mass is 438 g/mol. The number of aromatic carboxylic acids is 1. The van der Waals surface area contributed by atoms with E-state index in [4.69, 9.17) is 5.11 Å². The maximum atomic E-state index is 10.5. The average Bonchev–Trinajstić information content (AvgIpc) is 3.40. The maximum absolute atomic E-state index is 10.5. The highest BCUT2D eigenvalue weighted by molar-refractivity contribution is 7.13. The van der Waals surface area contributed by atoms with Crippen molar-refractivity contribution >= 4 is 17.3 Å². The van der Waals surface area contributed by atoms with Crippen LogP contribution in [0.1, 0.15) is 126 Å². The Kier molecular flexibility index (Phi) is 13.6. The Morgan fingerprint density at radius 1 is 1.13 bits per heavy atom. The van der Waals surface area contributed by atoms with Crippen molar-refractivity contribution in [2.75, 3.05) is 0 Å². The lowest BCUT2D eigenvalue weighted by molar-refractivity contribution is -0.0435. The Hall–Kier alpha value is -0.870. The number of hydrogen-bond donors (Lipinski definition) is 2. The number of carboxylic acid groups (broad SMARTS) is 1. The van der Waals surface area contributed by atoms with E-state index >= 15 is 0 Å². The highest BCUT2D eigenvalue weighted by Gasteiger charge is 2.41. The Labute approximate surface area is 189 Å². The fourth-order valence-electron chi connectivity index (χ4n) is 4.74. The summed E-state index contributed by atoms with van der Waals surface area (Å²) in [4.78, 5) is 12.1. The van der Waals surface area contributed by atoms with Gasteiger partial charge in [-0.2, -0.15) is 0 Å². The van der Waals surface area contributed by atoms with Crippen LogP contribution in [0.4, 0.5) is 0 Å². The molecule has 2 aliphatic rings. The molecule has 0 saturated heterocycles. The summed E-state index contributed by atoms with van der Waals surface area (Å²) in [7, 11) is 0. The van der Waals surface area contributed by atoms with Crippen molar-refractivity contribution < 1.29 is 15.0 Å². The first-order chi connectivity index (χ1) is 14.5. The summed E-state index contributed by atoms with van der Waals surface area (Å²) < 4.78 is 0. The molecule has 0 spiro atoms. The minimum Gasteiger partial charge on any atom is -0.477 e. The molecule has 1 aromatic rings. The summed E-state index contributed by atoms with van der Waals surface area (Å²) in [5.74, 6) is 0.175. The van der Waals surface area contributed by atoms with Gasteiger partial charge in [-0.25, -0.2) is 4.79 Å². The molecule has 1 unspecified atom stereocenters. The first-order valence-electron chi connectivity index (χ1n) is 12.5. The third kappa shape index (κ3) is 8.70. The molecule has 1 atom stereocenters. The molecule has 1 aromatic heterocycles. The van der Waals surface area contributed by atoms with Crippen LogP contribution in [0.5, 0.6) is 0 Å². The van der Waals surface area contributed by atoms with Crippen molar-refractivity contribution in [1.29, 1.82) is 0 Å². The second-order valence-corrected chi connectivity index (χ2v) is 10.0. The van der Waals surface area contributed by atoms with Crippen LogP contribution in [-0.4, -0.2) is 22.3 Å². The number of carboxylic acids is 1. The van der Waals surface area contributed by atoms with Crippen molar-refractivity contribution in [3.05, 3.63) is 21.9 Å². The largest absolute Gasteiger partial charge is 0.477 e. The lowest BCUT2D eigenvalue weighted by Gasteiger charge is -2.45. The van der Waals surface area contributed by atoms with E-state index in [0.29, 0.717) is 10.3 Å². The summed E-state index contributed by atoms with van der Waals surface area (Å²) in [5.41, 5.74) is 0.329. The van der Waals surface area contributed by atoms with Gasteiger partial charge in [0, 0.05) is 4.88 Å². The van der Waals surface area contributed by atoms with Crippen molar-refractivity contribution in [3.63, 3.8) is 0 Å². The van der Waals surface area contributed by atoms with Gasteiger partial charge in [-0.3, -0.25) is 0 Å². The quantitative estimate of drug-likeness (QED) is 0.388. The molecule has 0 aliphatic heterocycles. The Morgan fingerprint density at radius 2 is 1.80 bits per heavy atom. The Morgan fingerprint density at radius 3 is 2.27 bits per heavy atom. The average molecular weight is 439 g/mol. The van der Waals surface area contributed by atoms with Crippen LogP contribution in [-0.2, 0) is 6.42 Å². The smallest absolute Gasteiger partial charge is 0.345 e. The standard InChI is InChI=1S/C15H28O.C9H12O2S.C2H6/c1-2-15(11-6-12-15)14(16)10-5-9-13-7-3-4-8-13;1-2-3-4-7-5-6-8(12-7)9(10)11;1-2/h13-14,16H,2-12H2,1H3;5-6H,2-4H2,1H3,(H,10,11);1-2H3. The minimum atomic E-state index is -0.817. The molecule has 4 heteroatoms. The van der Waals surface area contributed by atoms with E-state index in [-0.39, 0.29) is 6.10 Å². The molecule has 3 nitrogen and oxygen atoms in total. The van der Waals surface area contributed by atoms with Crippen LogP contribution < -0.4 is 0 Å². The van der Waals surface area contributed by atoms with Crippen molar-refractivity contribution in [2.45, 2.75) is 124 Å². The maximum Gasteiger partial charge on any atom is 0.345 e. The first kappa shape index (κ1) is 27.2. The molecule has 30 heavy (non-hydrogen) atoms. The minimum absolute atomic E-state index is 0.00680. The molecular weight excluding hydrogens is 392 g/mol. The Bertz CT molecular complexity index is 565. The fourth-order valence-corrected chi connectivity index (χ4v) is 5.62. The molecule has 2 N–H and O–H groups in total. The SMILES string of the molecule is CC.CCC1(C(O)CCCC2CCCC2)CCC1.CCCCc1ccc(C(=O)O)s1. The van der Waals surface area contributed by atoms with E-state index in [1.54, 1.807) is 6.07 Å². The number of aryl methyl sites for hydroxylation is 1. The molecular formula is C26H46O3S. The molecule has 2 saturated carbocycles. The predicted molar refractivity (Wildman–Crippen MR) is 130 cm³/mol. The third-order valence-corrected chi connectivity index (χ3v) is 8.11. The molecule has 0 radical (unpaired) electrons. The van der Waals surface area contributed by atoms with Crippen molar-refractivity contribution in [2.24, 2.45) is 11.3 Å². The van der Waals surface area contributed by atoms with Crippen LogP contribution in [0.25, 0.3) is 0 Å².